The monoisotopic (exact) mass is 869 g/mol. The highest BCUT2D eigenvalue weighted by Gasteiger charge is 2.56. The van der Waals surface area contributed by atoms with Crippen molar-refractivity contribution in [2.75, 3.05) is 33.0 Å². The lowest BCUT2D eigenvalue weighted by atomic mass is 9.95. The first-order valence-electron chi connectivity index (χ1n) is 18.6. The highest BCUT2D eigenvalue weighted by Crippen LogP contribution is 2.35. The molecule has 0 bridgehead atoms. The largest absolute Gasteiger partial charge is 0.394 e. The molecule has 0 aromatic rings. The van der Waals surface area contributed by atoms with Crippen molar-refractivity contribution in [3.8, 4) is 0 Å². The third-order valence-corrected chi connectivity index (χ3v) is 10.7. The zero-order valence-corrected chi connectivity index (χ0v) is 31.2. The van der Waals surface area contributed by atoms with Gasteiger partial charge in [-0.15, -0.1) is 0 Å². The Kier molecular flexibility index (Phi) is 17.1. The Balaban J connectivity index is 1.40. The predicted octanol–water partition coefficient (Wildman–Crippen LogP) is -11.8. The van der Waals surface area contributed by atoms with Gasteiger partial charge in [0.1, 0.15) is 122 Å². The first-order chi connectivity index (χ1) is 27.9. The van der Waals surface area contributed by atoms with E-state index in [0.29, 0.717) is 0 Å². The van der Waals surface area contributed by atoms with Crippen molar-refractivity contribution >= 4 is 5.91 Å². The third kappa shape index (κ3) is 10.3. The normalized spacial score (nSPS) is 51.0. The smallest absolute Gasteiger partial charge is 0.217 e. The second kappa shape index (κ2) is 20.8. The van der Waals surface area contributed by atoms with Gasteiger partial charge < -0.3 is 130 Å². The van der Waals surface area contributed by atoms with Crippen LogP contribution in [-0.4, -0.2) is 274 Å². The summed E-state index contributed by atoms with van der Waals surface area (Å²) in [5.41, 5.74) is 0. The molecule has 1 amide bonds. The van der Waals surface area contributed by atoms with Crippen LogP contribution in [0, 0.1) is 0 Å². The summed E-state index contributed by atoms with van der Waals surface area (Å²) >= 11 is 0. The Hall–Kier alpha value is -1.53. The van der Waals surface area contributed by atoms with Crippen molar-refractivity contribution in [1.82, 2.24) is 5.32 Å². The molecule has 5 heterocycles. The number of hydrogen-bond acceptors (Lipinski definition) is 26. The molecule has 5 aliphatic rings. The van der Waals surface area contributed by atoms with Crippen molar-refractivity contribution in [3.63, 3.8) is 0 Å². The van der Waals surface area contributed by atoms with Crippen LogP contribution in [0.5, 0.6) is 0 Å². The van der Waals surface area contributed by atoms with Crippen molar-refractivity contribution in [3.05, 3.63) is 0 Å². The van der Waals surface area contributed by atoms with E-state index in [4.69, 9.17) is 42.6 Å². The molecule has 5 saturated heterocycles. The van der Waals surface area contributed by atoms with Gasteiger partial charge in [-0.3, -0.25) is 4.79 Å². The van der Waals surface area contributed by atoms with Gasteiger partial charge in [0.2, 0.25) is 5.91 Å². The van der Waals surface area contributed by atoms with Crippen molar-refractivity contribution in [2.24, 2.45) is 0 Å². The molecule has 17 N–H and O–H groups in total. The van der Waals surface area contributed by atoms with Crippen molar-refractivity contribution in [1.29, 1.82) is 0 Å². The van der Waals surface area contributed by atoms with Gasteiger partial charge in [0.25, 0.3) is 0 Å². The van der Waals surface area contributed by atoms with E-state index in [1.807, 2.05) is 0 Å². The molecular weight excluding hydrogens is 814 g/mol. The van der Waals surface area contributed by atoms with Gasteiger partial charge >= 0.3 is 0 Å². The van der Waals surface area contributed by atoms with Gasteiger partial charge in [0.05, 0.1) is 33.0 Å². The van der Waals surface area contributed by atoms with E-state index in [0.717, 1.165) is 6.92 Å². The Labute approximate surface area is 333 Å². The lowest BCUT2D eigenvalue weighted by Gasteiger charge is -2.49. The SMILES string of the molecule is CC(=O)N[C@@H]1[C@@H](O)[C@H](O[C@@H]2O[C@H](CO)[C@@H](O)[C@H](O[C@@H]3O[C@H](CO[C@H]4O[C@H](CO)[C@@H](O)[C@H](O)[C@@H]4O)[C@@H](O)[C@H](O[C@@H]4O[C@H](CO)[C@@H](O)[C@H](O)[C@@H]4O)[C@@H]3O)[C@@H]2O)[C@@H](CO)O[C@H]1O. The van der Waals surface area contributed by atoms with Crippen LogP contribution >= 0.6 is 0 Å². The van der Waals surface area contributed by atoms with Crippen LogP contribution in [-0.2, 0) is 47.4 Å². The summed E-state index contributed by atoms with van der Waals surface area (Å²) in [6.45, 7) is -3.35. The highest BCUT2D eigenvalue weighted by molar-refractivity contribution is 5.73. The average Bonchev–Trinajstić information content (AvgIpc) is 3.21. The summed E-state index contributed by atoms with van der Waals surface area (Å²) < 4.78 is 49.9. The van der Waals surface area contributed by atoms with Gasteiger partial charge in [-0.05, 0) is 0 Å². The molecule has 0 unspecified atom stereocenters. The molecule has 27 heteroatoms. The average molecular weight is 870 g/mol. The molecule has 0 saturated carbocycles. The molecule has 0 spiro atoms. The maximum Gasteiger partial charge on any atom is 0.217 e. The van der Waals surface area contributed by atoms with Crippen LogP contribution in [0.2, 0.25) is 0 Å². The fourth-order valence-corrected chi connectivity index (χ4v) is 7.32. The first kappa shape index (κ1) is 48.5. The van der Waals surface area contributed by atoms with Crippen LogP contribution in [0.15, 0.2) is 0 Å². The maximum absolute atomic E-state index is 11.7. The van der Waals surface area contributed by atoms with Crippen LogP contribution in [0.1, 0.15) is 6.92 Å². The third-order valence-electron chi connectivity index (χ3n) is 10.7. The van der Waals surface area contributed by atoms with E-state index >= 15 is 0 Å². The van der Waals surface area contributed by atoms with E-state index < -0.39 is 192 Å². The Morgan fingerprint density at radius 2 is 0.831 bits per heavy atom. The molecule has 5 rings (SSSR count). The number of aliphatic hydroxyl groups excluding tert-OH is 16. The maximum atomic E-state index is 11.7. The summed E-state index contributed by atoms with van der Waals surface area (Å²) in [7, 11) is 0. The molecule has 0 aliphatic carbocycles. The number of carbonyl (C=O) groups excluding carboxylic acids is 1. The van der Waals surface area contributed by atoms with E-state index in [9.17, 15) is 86.5 Å². The Morgan fingerprint density at radius 1 is 0.441 bits per heavy atom. The van der Waals surface area contributed by atoms with Crippen LogP contribution < -0.4 is 5.32 Å². The quantitative estimate of drug-likeness (QED) is 0.0770. The minimum atomic E-state index is -2.21. The van der Waals surface area contributed by atoms with E-state index in [2.05, 4.69) is 5.32 Å². The predicted molar refractivity (Wildman–Crippen MR) is 178 cm³/mol. The van der Waals surface area contributed by atoms with Crippen LogP contribution in [0.3, 0.4) is 0 Å². The number of carbonyl (C=O) groups is 1. The van der Waals surface area contributed by atoms with Crippen molar-refractivity contribution in [2.45, 2.75) is 160 Å². The minimum Gasteiger partial charge on any atom is -0.394 e. The van der Waals surface area contributed by atoms with E-state index in [-0.39, 0.29) is 0 Å². The molecule has 0 radical (unpaired) electrons. The Bertz CT molecular complexity index is 1320. The summed E-state index contributed by atoms with van der Waals surface area (Å²) in [5, 5.41) is 170. The number of amides is 1. The summed E-state index contributed by atoms with van der Waals surface area (Å²) in [6.07, 6.45) is -44.9. The zero-order chi connectivity index (χ0) is 43.6. The molecular formula is C32H55NO26. The number of rotatable bonds is 14. The molecule has 0 aromatic heterocycles. The minimum absolute atomic E-state index is 0.703. The van der Waals surface area contributed by atoms with Gasteiger partial charge in [0.15, 0.2) is 31.5 Å². The van der Waals surface area contributed by atoms with Gasteiger partial charge in [0, 0.05) is 6.92 Å². The summed E-state index contributed by atoms with van der Waals surface area (Å²) in [6, 6.07) is -1.52. The van der Waals surface area contributed by atoms with E-state index in [1.54, 1.807) is 0 Å². The van der Waals surface area contributed by atoms with Gasteiger partial charge in [-0.2, -0.15) is 0 Å². The van der Waals surface area contributed by atoms with Crippen LogP contribution in [0.25, 0.3) is 0 Å². The number of aliphatic hydroxyl groups is 16. The zero-order valence-electron chi connectivity index (χ0n) is 31.2. The van der Waals surface area contributed by atoms with E-state index in [1.165, 1.54) is 0 Å². The van der Waals surface area contributed by atoms with Crippen LogP contribution in [0.4, 0.5) is 0 Å². The fourth-order valence-electron chi connectivity index (χ4n) is 7.32. The van der Waals surface area contributed by atoms with Gasteiger partial charge in [-0.25, -0.2) is 0 Å². The number of nitrogens with one attached hydrogen (secondary N) is 1. The standard InChI is InChI=1S/C32H55NO26/c1-7(38)33-13-18(43)25(11(5-37)52-28(13)50)57-31-23(48)26(16(41)10(4-36)55-31)59-32-24(49)27(58-30-22(47)20(45)15(40)9(3-35)54-30)17(42)12(56-32)6-51-29-21(46)19(44)14(39)8(2-34)53-29/h8-32,34-37,39-50H,2-6H2,1H3,(H,33,38)/t8-,9-,10-,11-,12-,13-,14-,15-,16-,17-,18-,19+,20+,21+,22+,23+,24+,25-,26+,27+,28-,29+,30+,31+,32+/m1/s1. The number of ether oxygens (including phenoxy) is 9. The van der Waals surface area contributed by atoms with Gasteiger partial charge in [-0.1, -0.05) is 0 Å². The first-order valence-corrected chi connectivity index (χ1v) is 18.6. The molecule has 27 nitrogen and oxygen atoms in total. The number of hydrogen-bond donors (Lipinski definition) is 17. The molecule has 5 aliphatic heterocycles. The fraction of sp³-hybridized carbons (Fsp3) is 0.969. The second-order valence-electron chi connectivity index (χ2n) is 14.7. The highest BCUT2D eigenvalue weighted by atomic mass is 16.8. The molecule has 25 atom stereocenters. The Morgan fingerprint density at radius 3 is 1.31 bits per heavy atom. The molecule has 5 fully saturated rings. The lowest BCUT2D eigenvalue weighted by Crippen LogP contribution is -2.68. The molecule has 0 aromatic carbocycles. The second-order valence-corrected chi connectivity index (χ2v) is 14.7. The summed E-state index contributed by atoms with van der Waals surface area (Å²) in [4.78, 5) is 11.7. The lowest BCUT2D eigenvalue weighted by molar-refractivity contribution is -0.390. The summed E-state index contributed by atoms with van der Waals surface area (Å²) in [5.74, 6) is -0.703. The molecule has 344 valence electrons. The molecule has 59 heavy (non-hydrogen) atoms. The topological polar surface area (TPSA) is 436 Å². The van der Waals surface area contributed by atoms with Crippen molar-refractivity contribution < 1.29 is 129 Å².